The van der Waals surface area contributed by atoms with Crippen LogP contribution in [0.25, 0.3) is 0 Å². The minimum Gasteiger partial charge on any atom is -0.287 e. The summed E-state index contributed by atoms with van der Waals surface area (Å²) in [5, 5.41) is 8.63. The number of hydrogen-bond acceptors (Lipinski definition) is 3. The van der Waals surface area contributed by atoms with E-state index in [0.717, 1.165) is 0 Å². The van der Waals surface area contributed by atoms with Gasteiger partial charge in [0.15, 0.2) is 0 Å². The number of carbonyl (C=O) groups excluding carboxylic acids is 1. The molecule has 0 unspecified atom stereocenters. The Labute approximate surface area is 93.0 Å². The van der Waals surface area contributed by atoms with Crippen LogP contribution in [0.3, 0.4) is 0 Å². The molecule has 0 aliphatic rings. The van der Waals surface area contributed by atoms with Crippen LogP contribution in [0.15, 0.2) is 42.6 Å². The molecule has 0 saturated heterocycles. The van der Waals surface area contributed by atoms with Crippen LogP contribution in [0.2, 0.25) is 0 Å². The van der Waals surface area contributed by atoms with Crippen molar-refractivity contribution in [2.75, 3.05) is 0 Å². The lowest BCUT2D eigenvalue weighted by Gasteiger charge is -1.99. The van der Waals surface area contributed by atoms with Gasteiger partial charge in [0.1, 0.15) is 5.69 Å². The van der Waals surface area contributed by atoms with Crippen molar-refractivity contribution in [2.24, 2.45) is 0 Å². The molecule has 1 aromatic carbocycles. The van der Waals surface area contributed by atoms with Gasteiger partial charge in [0.05, 0.1) is 11.6 Å². The molecule has 0 aliphatic carbocycles. The second-order valence-electron chi connectivity index (χ2n) is 3.15. The Balaban J connectivity index is 2.32. The van der Waals surface area contributed by atoms with Crippen molar-refractivity contribution in [1.82, 2.24) is 4.98 Å². The van der Waals surface area contributed by atoms with E-state index in [-0.39, 0.29) is 11.5 Å². The minimum atomic E-state index is -0.190. The summed E-state index contributed by atoms with van der Waals surface area (Å²) in [6.07, 6.45) is 1.55. The van der Waals surface area contributed by atoms with E-state index >= 15 is 0 Å². The smallest absolute Gasteiger partial charge is 0.211 e. The summed E-state index contributed by atoms with van der Waals surface area (Å²) >= 11 is 0. The highest BCUT2D eigenvalue weighted by atomic mass is 16.1. The molecule has 2 rings (SSSR count). The number of pyridine rings is 1. The molecule has 1 heterocycles. The van der Waals surface area contributed by atoms with Crippen molar-refractivity contribution < 1.29 is 4.79 Å². The summed E-state index contributed by atoms with van der Waals surface area (Å²) in [7, 11) is 0. The van der Waals surface area contributed by atoms with Crippen molar-refractivity contribution in [2.45, 2.75) is 0 Å². The highest BCUT2D eigenvalue weighted by Gasteiger charge is 2.09. The number of carbonyl (C=O) groups is 1. The molecule has 0 bridgehead atoms. The number of hydrogen-bond donors (Lipinski definition) is 0. The minimum absolute atomic E-state index is 0.190. The van der Waals surface area contributed by atoms with Gasteiger partial charge < -0.3 is 0 Å². The van der Waals surface area contributed by atoms with Gasteiger partial charge in [-0.3, -0.25) is 9.78 Å². The van der Waals surface area contributed by atoms with Gasteiger partial charge in [-0.15, -0.1) is 0 Å². The quantitative estimate of drug-likeness (QED) is 0.707. The third-order valence-electron chi connectivity index (χ3n) is 2.10. The van der Waals surface area contributed by atoms with Gasteiger partial charge in [-0.1, -0.05) is 6.07 Å². The van der Waals surface area contributed by atoms with E-state index in [1.807, 2.05) is 6.07 Å². The molecule has 0 aliphatic heterocycles. The maximum Gasteiger partial charge on any atom is 0.211 e. The zero-order valence-electron chi connectivity index (χ0n) is 8.34. The Morgan fingerprint density at radius 2 is 2.06 bits per heavy atom. The lowest BCUT2D eigenvalue weighted by atomic mass is 10.1. The van der Waals surface area contributed by atoms with Crippen LogP contribution < -0.4 is 0 Å². The first-order valence-corrected chi connectivity index (χ1v) is 4.69. The van der Waals surface area contributed by atoms with E-state index in [2.05, 4.69) is 11.1 Å². The van der Waals surface area contributed by atoms with Gasteiger partial charge >= 0.3 is 0 Å². The van der Waals surface area contributed by atoms with E-state index in [4.69, 9.17) is 5.26 Å². The molecule has 0 fully saturated rings. The zero-order chi connectivity index (χ0) is 11.4. The first kappa shape index (κ1) is 10.1. The Bertz CT molecular complexity index is 538. The van der Waals surface area contributed by atoms with Crippen LogP contribution >= 0.6 is 0 Å². The molecule has 3 nitrogen and oxygen atoms in total. The normalized spacial score (nSPS) is 9.44. The largest absolute Gasteiger partial charge is 0.287 e. The zero-order valence-corrected chi connectivity index (χ0v) is 8.34. The monoisotopic (exact) mass is 207 g/mol. The van der Waals surface area contributed by atoms with E-state index in [1.165, 1.54) is 0 Å². The number of nitriles is 1. The molecule has 3 heteroatoms. The van der Waals surface area contributed by atoms with Crippen LogP contribution in [0, 0.1) is 17.4 Å². The van der Waals surface area contributed by atoms with Gasteiger partial charge in [0, 0.05) is 17.8 Å². The van der Waals surface area contributed by atoms with Crippen LogP contribution in [0.5, 0.6) is 0 Å². The number of nitrogens with zero attached hydrogens (tertiary/aromatic N) is 2. The van der Waals surface area contributed by atoms with Gasteiger partial charge in [0.25, 0.3) is 0 Å². The molecule has 75 valence electrons. The second kappa shape index (κ2) is 4.37. The molecular formula is C13H7N2O. The fourth-order valence-corrected chi connectivity index (χ4v) is 1.28. The summed E-state index contributed by atoms with van der Waals surface area (Å²) < 4.78 is 0. The number of aromatic nitrogens is 1. The second-order valence-corrected chi connectivity index (χ2v) is 3.15. The summed E-state index contributed by atoms with van der Waals surface area (Å²) in [6.45, 7) is 0. The lowest BCUT2D eigenvalue weighted by Crippen LogP contribution is -2.03. The molecule has 0 saturated carbocycles. The average Bonchev–Trinajstić information content (AvgIpc) is 2.39. The molecule has 0 atom stereocenters. The number of benzene rings is 1. The highest BCUT2D eigenvalue weighted by molar-refractivity contribution is 6.07. The molecule has 1 radical (unpaired) electrons. The van der Waals surface area contributed by atoms with Gasteiger partial charge in [-0.05, 0) is 30.3 Å². The first-order chi connectivity index (χ1) is 7.81. The van der Waals surface area contributed by atoms with Crippen LogP contribution in [-0.2, 0) is 0 Å². The molecule has 2 aromatic rings. The van der Waals surface area contributed by atoms with Crippen molar-refractivity contribution >= 4 is 5.78 Å². The Morgan fingerprint density at radius 1 is 1.31 bits per heavy atom. The lowest BCUT2D eigenvalue weighted by molar-refractivity contribution is 0.103. The molecule has 1 aromatic heterocycles. The summed E-state index contributed by atoms with van der Waals surface area (Å²) in [5.74, 6) is -0.190. The summed E-state index contributed by atoms with van der Waals surface area (Å²) in [5.41, 5.74) is 1.32. The van der Waals surface area contributed by atoms with Crippen molar-refractivity contribution in [1.29, 1.82) is 5.26 Å². The number of rotatable bonds is 2. The van der Waals surface area contributed by atoms with Crippen molar-refractivity contribution in [3.8, 4) is 6.07 Å². The van der Waals surface area contributed by atoms with Gasteiger partial charge in [0.2, 0.25) is 5.78 Å². The van der Waals surface area contributed by atoms with Crippen LogP contribution in [0.1, 0.15) is 21.6 Å². The van der Waals surface area contributed by atoms with E-state index in [9.17, 15) is 4.79 Å². The fourth-order valence-electron chi connectivity index (χ4n) is 1.28. The van der Waals surface area contributed by atoms with Gasteiger partial charge in [-0.25, -0.2) is 0 Å². The molecule has 16 heavy (non-hydrogen) atoms. The summed E-state index contributed by atoms with van der Waals surface area (Å²) in [4.78, 5) is 15.8. The Hall–Kier alpha value is -2.47. The van der Waals surface area contributed by atoms with Crippen molar-refractivity contribution in [3.63, 3.8) is 0 Å². The maximum absolute atomic E-state index is 11.9. The fraction of sp³-hybridized carbons (Fsp3) is 0. The van der Waals surface area contributed by atoms with E-state index in [1.54, 1.807) is 42.6 Å². The number of ketones is 1. The predicted octanol–water partition coefficient (Wildman–Crippen LogP) is 1.98. The van der Waals surface area contributed by atoms with E-state index < -0.39 is 0 Å². The molecular weight excluding hydrogens is 200 g/mol. The average molecular weight is 207 g/mol. The van der Waals surface area contributed by atoms with Crippen LogP contribution in [-0.4, -0.2) is 10.8 Å². The first-order valence-electron chi connectivity index (χ1n) is 4.69. The topological polar surface area (TPSA) is 53.8 Å². The maximum atomic E-state index is 11.9. The standard InChI is InChI=1S/C13H7N2O/c14-9-10-4-6-11(7-5-10)13(16)12-3-1-2-8-15-12/h1-2,4-8H. The van der Waals surface area contributed by atoms with E-state index in [0.29, 0.717) is 11.1 Å². The molecule has 0 N–H and O–H groups in total. The highest BCUT2D eigenvalue weighted by Crippen LogP contribution is 2.08. The molecule has 0 amide bonds. The predicted molar refractivity (Wildman–Crippen MR) is 57.7 cm³/mol. The Morgan fingerprint density at radius 3 is 2.62 bits per heavy atom. The van der Waals surface area contributed by atoms with Crippen LogP contribution in [0.4, 0.5) is 0 Å². The molecule has 0 spiro atoms. The third-order valence-corrected chi connectivity index (χ3v) is 2.10. The summed E-state index contributed by atoms with van der Waals surface area (Å²) in [6, 6.07) is 14.6. The SMILES string of the molecule is N#Cc1ccc(C(=O)c2[c]cccn2)cc1. The van der Waals surface area contributed by atoms with Crippen molar-refractivity contribution in [3.05, 3.63) is 65.5 Å². The van der Waals surface area contributed by atoms with Gasteiger partial charge in [-0.2, -0.15) is 5.26 Å². The Kier molecular flexibility index (Phi) is 2.75. The third kappa shape index (κ3) is 1.96.